The minimum Gasteiger partial charge on any atom is -0.486 e. The van der Waals surface area contributed by atoms with Gasteiger partial charge in [0.05, 0.1) is 0 Å². The third-order valence-electron chi connectivity index (χ3n) is 4.02. The number of pyridine rings is 2. The number of nitrogens with one attached hydrogen (secondary N) is 2. The third kappa shape index (κ3) is 4.14. The summed E-state index contributed by atoms with van der Waals surface area (Å²) in [7, 11) is 0. The smallest absolute Gasteiger partial charge is 0.255 e. The van der Waals surface area contributed by atoms with Gasteiger partial charge in [-0.15, -0.1) is 0 Å². The molecule has 1 aromatic carbocycles. The van der Waals surface area contributed by atoms with Gasteiger partial charge in [0.1, 0.15) is 19.0 Å². The van der Waals surface area contributed by atoms with Gasteiger partial charge in [-0.2, -0.15) is 0 Å². The maximum absolute atomic E-state index is 12.6. The van der Waals surface area contributed by atoms with Gasteiger partial charge in [-0.05, 0) is 35.9 Å². The molecule has 7 nitrogen and oxygen atoms in total. The van der Waals surface area contributed by atoms with Crippen LogP contribution in [-0.4, -0.2) is 29.1 Å². The van der Waals surface area contributed by atoms with Gasteiger partial charge in [0.25, 0.3) is 5.91 Å². The number of aromatic nitrogens is 2. The van der Waals surface area contributed by atoms with Crippen LogP contribution in [0.25, 0.3) is 0 Å². The number of carbonyl (C=O) groups is 1. The molecule has 27 heavy (non-hydrogen) atoms. The Labute approximate surface area is 156 Å². The lowest BCUT2D eigenvalue weighted by Crippen LogP contribution is -2.16. The summed E-state index contributed by atoms with van der Waals surface area (Å²) in [5.74, 6) is 1.71. The summed E-state index contributed by atoms with van der Waals surface area (Å²) in [6, 6.07) is 12.6. The molecule has 0 atom stereocenters. The van der Waals surface area contributed by atoms with E-state index in [2.05, 4.69) is 20.6 Å². The van der Waals surface area contributed by atoms with Gasteiger partial charge in [-0.25, -0.2) is 4.98 Å². The maximum Gasteiger partial charge on any atom is 0.255 e. The van der Waals surface area contributed by atoms with E-state index in [1.807, 2.05) is 12.1 Å². The number of ether oxygens (including phenoxy) is 2. The second kappa shape index (κ2) is 7.74. The van der Waals surface area contributed by atoms with Crippen LogP contribution < -0.4 is 20.1 Å². The Morgan fingerprint density at radius 2 is 1.93 bits per heavy atom. The van der Waals surface area contributed by atoms with Crippen molar-refractivity contribution in [2.45, 2.75) is 6.54 Å². The van der Waals surface area contributed by atoms with Gasteiger partial charge in [0, 0.05) is 42.5 Å². The molecule has 2 N–H and O–H groups in total. The van der Waals surface area contributed by atoms with Crippen LogP contribution in [0.4, 0.5) is 11.5 Å². The maximum atomic E-state index is 12.6. The van der Waals surface area contributed by atoms with E-state index in [-0.39, 0.29) is 5.91 Å². The average Bonchev–Trinajstić information content (AvgIpc) is 2.73. The van der Waals surface area contributed by atoms with Crippen LogP contribution in [0.1, 0.15) is 15.9 Å². The van der Waals surface area contributed by atoms with E-state index in [9.17, 15) is 4.79 Å². The van der Waals surface area contributed by atoms with Crippen LogP contribution in [0.15, 0.2) is 61.1 Å². The second-order valence-corrected chi connectivity index (χ2v) is 5.96. The molecule has 0 bridgehead atoms. The minimum absolute atomic E-state index is 0.224. The SMILES string of the molecule is O=C(Nc1ccc2c(c1)OCCO2)c1ccnc(NCc2cccnc2)c1. The Kier molecular flexibility index (Phi) is 4.82. The number of benzene rings is 1. The molecule has 0 saturated carbocycles. The third-order valence-corrected chi connectivity index (χ3v) is 4.02. The molecule has 4 rings (SSSR count). The molecule has 3 heterocycles. The highest BCUT2D eigenvalue weighted by Crippen LogP contribution is 2.32. The number of fused-ring (bicyclic) bond motifs is 1. The summed E-state index contributed by atoms with van der Waals surface area (Å²) < 4.78 is 11.0. The van der Waals surface area contributed by atoms with E-state index in [0.29, 0.717) is 48.3 Å². The zero-order chi connectivity index (χ0) is 18.5. The highest BCUT2D eigenvalue weighted by molar-refractivity contribution is 6.04. The van der Waals surface area contributed by atoms with E-state index in [1.165, 1.54) is 0 Å². The molecule has 0 radical (unpaired) electrons. The molecule has 0 fully saturated rings. The fourth-order valence-corrected chi connectivity index (χ4v) is 2.69. The summed E-state index contributed by atoms with van der Waals surface area (Å²) in [6.07, 6.45) is 5.11. The molecular weight excluding hydrogens is 344 g/mol. The molecule has 0 saturated heterocycles. The van der Waals surface area contributed by atoms with Crippen LogP contribution in [0.2, 0.25) is 0 Å². The molecule has 0 spiro atoms. The number of nitrogens with zero attached hydrogens (tertiary/aromatic N) is 2. The monoisotopic (exact) mass is 362 g/mol. The first-order chi connectivity index (χ1) is 13.3. The summed E-state index contributed by atoms with van der Waals surface area (Å²) in [5, 5.41) is 6.06. The van der Waals surface area contributed by atoms with Gasteiger partial charge in [0.2, 0.25) is 0 Å². The Bertz CT molecular complexity index is 947. The molecule has 1 aliphatic heterocycles. The number of anilines is 2. The topological polar surface area (TPSA) is 85.4 Å². The zero-order valence-electron chi connectivity index (χ0n) is 14.5. The van der Waals surface area contributed by atoms with E-state index in [4.69, 9.17) is 9.47 Å². The molecule has 2 aromatic heterocycles. The van der Waals surface area contributed by atoms with Gasteiger partial charge < -0.3 is 20.1 Å². The summed E-state index contributed by atoms with van der Waals surface area (Å²) >= 11 is 0. The quantitative estimate of drug-likeness (QED) is 0.725. The van der Waals surface area contributed by atoms with Crippen LogP contribution in [0.5, 0.6) is 11.5 Å². The second-order valence-electron chi connectivity index (χ2n) is 5.96. The Balaban J connectivity index is 1.43. The first kappa shape index (κ1) is 16.8. The van der Waals surface area contributed by atoms with Crippen molar-refractivity contribution in [2.75, 3.05) is 23.8 Å². The molecule has 7 heteroatoms. The molecule has 0 aliphatic carbocycles. The fraction of sp³-hybridized carbons (Fsp3) is 0.150. The first-order valence-electron chi connectivity index (χ1n) is 8.58. The van der Waals surface area contributed by atoms with Gasteiger partial charge in [0.15, 0.2) is 11.5 Å². The molecule has 1 aliphatic rings. The van der Waals surface area contributed by atoms with Gasteiger partial charge >= 0.3 is 0 Å². The lowest BCUT2D eigenvalue weighted by Gasteiger charge is -2.19. The standard InChI is InChI=1S/C20H18N4O3/c25-20(24-16-3-4-17-18(11-16)27-9-8-26-17)15-5-7-22-19(10-15)23-13-14-2-1-6-21-12-14/h1-7,10-12H,8-9,13H2,(H,22,23)(H,24,25). The zero-order valence-corrected chi connectivity index (χ0v) is 14.5. The Morgan fingerprint density at radius 3 is 2.78 bits per heavy atom. The lowest BCUT2D eigenvalue weighted by atomic mass is 10.2. The first-order valence-corrected chi connectivity index (χ1v) is 8.58. The van der Waals surface area contributed by atoms with E-state index in [0.717, 1.165) is 5.56 Å². The molecule has 1 amide bonds. The van der Waals surface area contributed by atoms with Gasteiger partial charge in [-0.1, -0.05) is 6.07 Å². The number of amides is 1. The predicted octanol–water partition coefficient (Wildman–Crippen LogP) is 3.11. The van der Waals surface area contributed by atoms with Crippen LogP contribution >= 0.6 is 0 Å². The largest absolute Gasteiger partial charge is 0.486 e. The molecule has 3 aromatic rings. The highest BCUT2D eigenvalue weighted by Gasteiger charge is 2.13. The molecule has 0 unspecified atom stereocenters. The number of hydrogen-bond acceptors (Lipinski definition) is 6. The molecular formula is C20H18N4O3. The number of hydrogen-bond donors (Lipinski definition) is 2. The van der Waals surface area contributed by atoms with Crippen molar-refractivity contribution in [3.05, 3.63) is 72.2 Å². The van der Waals surface area contributed by atoms with Crippen molar-refractivity contribution in [2.24, 2.45) is 0 Å². The number of rotatable bonds is 5. The highest BCUT2D eigenvalue weighted by atomic mass is 16.6. The van der Waals surface area contributed by atoms with Crippen molar-refractivity contribution in [3.63, 3.8) is 0 Å². The van der Waals surface area contributed by atoms with E-state index in [1.54, 1.807) is 48.9 Å². The normalized spacial score (nSPS) is 12.3. The van der Waals surface area contributed by atoms with Crippen LogP contribution in [0.3, 0.4) is 0 Å². The van der Waals surface area contributed by atoms with Crippen LogP contribution in [0, 0.1) is 0 Å². The Hall–Kier alpha value is -3.61. The average molecular weight is 362 g/mol. The lowest BCUT2D eigenvalue weighted by molar-refractivity contribution is 0.102. The predicted molar refractivity (Wildman–Crippen MR) is 101 cm³/mol. The fourth-order valence-electron chi connectivity index (χ4n) is 2.69. The van der Waals surface area contributed by atoms with E-state index >= 15 is 0 Å². The van der Waals surface area contributed by atoms with E-state index < -0.39 is 0 Å². The van der Waals surface area contributed by atoms with Crippen molar-refractivity contribution >= 4 is 17.4 Å². The van der Waals surface area contributed by atoms with Crippen molar-refractivity contribution in [3.8, 4) is 11.5 Å². The van der Waals surface area contributed by atoms with Crippen molar-refractivity contribution in [1.29, 1.82) is 0 Å². The van der Waals surface area contributed by atoms with Crippen LogP contribution in [-0.2, 0) is 6.54 Å². The Morgan fingerprint density at radius 1 is 1.04 bits per heavy atom. The summed E-state index contributed by atoms with van der Waals surface area (Å²) in [6.45, 7) is 1.61. The minimum atomic E-state index is -0.224. The van der Waals surface area contributed by atoms with Crippen molar-refractivity contribution in [1.82, 2.24) is 9.97 Å². The summed E-state index contributed by atoms with van der Waals surface area (Å²) in [4.78, 5) is 20.9. The molecule has 136 valence electrons. The number of carbonyl (C=O) groups excluding carboxylic acids is 1. The van der Waals surface area contributed by atoms with Crippen molar-refractivity contribution < 1.29 is 14.3 Å². The summed E-state index contributed by atoms with van der Waals surface area (Å²) in [5.41, 5.74) is 2.19. The van der Waals surface area contributed by atoms with Gasteiger partial charge in [-0.3, -0.25) is 9.78 Å².